The van der Waals surface area contributed by atoms with Gasteiger partial charge in [0.1, 0.15) is 11.6 Å². The summed E-state index contributed by atoms with van der Waals surface area (Å²) in [6, 6.07) is 2.25. The Labute approximate surface area is 108 Å². The maximum absolute atomic E-state index is 12.5. The van der Waals surface area contributed by atoms with E-state index in [0.717, 1.165) is 12.1 Å². The molecule has 0 heterocycles. The van der Waals surface area contributed by atoms with Gasteiger partial charge in [0, 0.05) is 0 Å². The molecule has 15 heavy (non-hydrogen) atoms. The molecule has 1 aromatic rings. The Kier molecular flexibility index (Phi) is 6.46. The van der Waals surface area contributed by atoms with Crippen LogP contribution in [0.15, 0.2) is 23.1 Å². The van der Waals surface area contributed by atoms with Crippen molar-refractivity contribution in [3.05, 3.63) is 24.0 Å². The van der Waals surface area contributed by atoms with Crippen LogP contribution in [0.3, 0.4) is 0 Å². The van der Waals surface area contributed by atoms with Crippen molar-refractivity contribution in [3.8, 4) is 5.75 Å². The molecular formula is C7H4F3NaO3S. The van der Waals surface area contributed by atoms with E-state index in [0.29, 0.717) is 6.07 Å². The Morgan fingerprint density at radius 3 is 2.47 bits per heavy atom. The molecule has 78 valence electrons. The number of rotatable bonds is 3. The van der Waals surface area contributed by atoms with Crippen molar-refractivity contribution in [2.24, 2.45) is 0 Å². The summed E-state index contributed by atoms with van der Waals surface area (Å²) < 4.78 is 60.8. The molecule has 1 rings (SSSR count). The summed E-state index contributed by atoms with van der Waals surface area (Å²) in [6.07, 6.45) is 0. The quantitative estimate of drug-likeness (QED) is 0.492. The first-order chi connectivity index (χ1) is 6.50. The molecule has 8 heteroatoms. The second kappa shape index (κ2) is 6.49. The molecule has 0 radical (unpaired) electrons. The summed E-state index contributed by atoms with van der Waals surface area (Å²) in [5, 5.41) is 0. The second-order valence-corrected chi connectivity index (χ2v) is 3.11. The molecule has 3 nitrogen and oxygen atoms in total. The second-order valence-electron chi connectivity index (χ2n) is 2.20. The molecule has 0 bridgehead atoms. The third-order valence-corrected chi connectivity index (χ3v) is 1.98. The summed E-state index contributed by atoms with van der Waals surface area (Å²) in [6.45, 7) is -3.15. The van der Waals surface area contributed by atoms with Crippen LogP contribution in [0.1, 0.15) is 0 Å². The fourth-order valence-electron chi connectivity index (χ4n) is 0.805. The predicted molar refractivity (Wildman–Crippen MR) is 40.2 cm³/mol. The zero-order valence-electron chi connectivity index (χ0n) is 7.58. The van der Waals surface area contributed by atoms with Gasteiger partial charge in [0.2, 0.25) is 0 Å². The third kappa shape index (κ3) is 4.52. The van der Waals surface area contributed by atoms with E-state index >= 15 is 0 Å². The maximum Gasteiger partial charge on any atom is 1.00 e. The molecule has 1 atom stereocenters. The maximum atomic E-state index is 12.5. The Hall–Kier alpha value is -0.0800. The Balaban J connectivity index is 0.00000196. The summed E-state index contributed by atoms with van der Waals surface area (Å²) in [7, 11) is 0. The average molecular weight is 248 g/mol. The van der Waals surface area contributed by atoms with Crippen LogP contribution in [0.4, 0.5) is 13.2 Å². The Bertz CT molecular complexity index is 361. The number of hydrogen-bond acceptors (Lipinski definition) is 3. The van der Waals surface area contributed by atoms with Crippen molar-refractivity contribution in [2.75, 3.05) is 0 Å². The smallest absolute Gasteiger partial charge is 0.768 e. The van der Waals surface area contributed by atoms with Crippen molar-refractivity contribution in [1.29, 1.82) is 0 Å². The van der Waals surface area contributed by atoms with E-state index < -0.39 is 34.2 Å². The zero-order chi connectivity index (χ0) is 10.7. The fourth-order valence-corrected chi connectivity index (χ4v) is 1.29. The number of benzene rings is 1. The molecule has 0 fully saturated rings. The van der Waals surface area contributed by atoms with Gasteiger partial charge in [0.15, 0.2) is 0 Å². The van der Waals surface area contributed by atoms with Gasteiger partial charge in [-0.15, -0.1) is 0 Å². The summed E-state index contributed by atoms with van der Waals surface area (Å²) >= 11 is -2.82. The first kappa shape index (κ1) is 14.9. The molecule has 0 amide bonds. The van der Waals surface area contributed by atoms with Crippen LogP contribution in [0.5, 0.6) is 5.75 Å². The van der Waals surface area contributed by atoms with Crippen LogP contribution in [0.2, 0.25) is 0 Å². The largest absolute Gasteiger partial charge is 1.00 e. The zero-order valence-corrected chi connectivity index (χ0v) is 10.4. The van der Waals surface area contributed by atoms with Gasteiger partial charge in [0.25, 0.3) is 0 Å². The normalized spacial score (nSPS) is 12.1. The van der Waals surface area contributed by atoms with E-state index in [4.69, 9.17) is 0 Å². The van der Waals surface area contributed by atoms with Crippen LogP contribution in [0, 0.1) is 5.82 Å². The van der Waals surface area contributed by atoms with Gasteiger partial charge in [-0.25, -0.2) is 4.39 Å². The van der Waals surface area contributed by atoms with E-state index in [1.54, 1.807) is 0 Å². The molecule has 1 aromatic carbocycles. The number of halogens is 3. The first-order valence-corrected chi connectivity index (χ1v) is 4.42. The van der Waals surface area contributed by atoms with E-state index in [1.165, 1.54) is 0 Å². The van der Waals surface area contributed by atoms with E-state index in [1.807, 2.05) is 0 Å². The molecule has 0 aliphatic heterocycles. The molecule has 0 spiro atoms. The SMILES string of the molecule is O=S([O-])c1cc(F)ccc1OC(F)F.[Na+]. The van der Waals surface area contributed by atoms with Crippen molar-refractivity contribution in [1.82, 2.24) is 0 Å². The first-order valence-electron chi connectivity index (χ1n) is 3.34. The van der Waals surface area contributed by atoms with Crippen molar-refractivity contribution in [2.45, 2.75) is 11.5 Å². The predicted octanol–water partition coefficient (Wildman–Crippen LogP) is -1.33. The minimum Gasteiger partial charge on any atom is -0.768 e. The van der Waals surface area contributed by atoms with Gasteiger partial charge in [0.05, 0.1) is 4.90 Å². The van der Waals surface area contributed by atoms with Crippen molar-refractivity contribution >= 4 is 11.1 Å². The van der Waals surface area contributed by atoms with Gasteiger partial charge < -0.3 is 9.29 Å². The molecule has 0 N–H and O–H groups in total. The summed E-state index contributed by atoms with van der Waals surface area (Å²) in [5.41, 5.74) is 0. The molecular weight excluding hydrogens is 244 g/mol. The van der Waals surface area contributed by atoms with E-state index in [-0.39, 0.29) is 29.6 Å². The van der Waals surface area contributed by atoms with Crippen LogP contribution in [-0.2, 0) is 11.1 Å². The van der Waals surface area contributed by atoms with Crippen molar-refractivity contribution < 1.29 is 56.2 Å². The van der Waals surface area contributed by atoms with Gasteiger partial charge in [-0.1, -0.05) is 0 Å². The number of hydrogen-bond donors (Lipinski definition) is 0. The summed E-state index contributed by atoms with van der Waals surface area (Å²) in [5.74, 6) is -1.42. The van der Waals surface area contributed by atoms with Crippen LogP contribution in [-0.4, -0.2) is 15.4 Å². The molecule has 1 unspecified atom stereocenters. The van der Waals surface area contributed by atoms with Gasteiger partial charge in [-0.05, 0) is 29.3 Å². The molecule has 0 saturated heterocycles. The van der Waals surface area contributed by atoms with Gasteiger partial charge in [-0.3, -0.25) is 4.21 Å². The Morgan fingerprint density at radius 2 is 2.00 bits per heavy atom. The van der Waals surface area contributed by atoms with Gasteiger partial charge in [-0.2, -0.15) is 8.78 Å². The van der Waals surface area contributed by atoms with Crippen LogP contribution < -0.4 is 34.3 Å². The third-order valence-electron chi connectivity index (χ3n) is 1.30. The van der Waals surface area contributed by atoms with Crippen molar-refractivity contribution in [3.63, 3.8) is 0 Å². The minimum atomic E-state index is -3.15. The molecule has 0 aliphatic rings. The van der Waals surface area contributed by atoms with E-state index in [9.17, 15) is 21.9 Å². The monoisotopic (exact) mass is 248 g/mol. The fraction of sp³-hybridized carbons (Fsp3) is 0.143. The summed E-state index contributed by atoms with van der Waals surface area (Å²) in [4.78, 5) is -0.634. The Morgan fingerprint density at radius 1 is 1.40 bits per heavy atom. The number of ether oxygens (including phenoxy) is 1. The number of alkyl halides is 2. The molecule has 0 saturated carbocycles. The minimum absolute atomic E-state index is 0. The van der Waals surface area contributed by atoms with Crippen LogP contribution in [0.25, 0.3) is 0 Å². The standard InChI is InChI=1S/C7H5F3O3S.Na/c8-4-1-2-5(13-7(9)10)6(3-4)14(11)12;/h1-3,7H,(H,11,12);/q;+1/p-1. The topological polar surface area (TPSA) is 49.4 Å². The average Bonchev–Trinajstić information content (AvgIpc) is 2.07. The van der Waals surface area contributed by atoms with E-state index in [2.05, 4.69) is 4.74 Å². The van der Waals surface area contributed by atoms with Gasteiger partial charge >= 0.3 is 36.2 Å². The van der Waals surface area contributed by atoms with Crippen LogP contribution >= 0.6 is 0 Å². The molecule has 0 aliphatic carbocycles. The molecule has 0 aromatic heterocycles.